The maximum absolute atomic E-state index is 13.4. The van der Waals surface area contributed by atoms with Gasteiger partial charge in [-0.25, -0.2) is 0 Å². The van der Waals surface area contributed by atoms with Crippen molar-refractivity contribution >= 4 is 29.0 Å². The Balaban J connectivity index is 0.00000324. The maximum atomic E-state index is 13.4. The number of nitrogens with zero attached hydrogens (tertiary/aromatic N) is 3. The van der Waals surface area contributed by atoms with Crippen molar-refractivity contribution in [3.63, 3.8) is 0 Å². The Morgan fingerprint density at radius 1 is 1.15 bits per heavy atom. The molecule has 0 saturated carbocycles. The number of benzene rings is 2. The normalized spacial score (nSPS) is 17.4. The highest BCUT2D eigenvalue weighted by Crippen LogP contribution is 2.36. The zero-order valence-corrected chi connectivity index (χ0v) is 20.6. The number of fused-ring (bicyclic) bond motifs is 1. The fourth-order valence-corrected chi connectivity index (χ4v) is 4.56. The molecule has 5 nitrogen and oxygen atoms in total. The first-order valence-corrected chi connectivity index (χ1v) is 11.2. The first kappa shape index (κ1) is 26.0. The van der Waals surface area contributed by atoms with Crippen molar-refractivity contribution in [3.05, 3.63) is 58.8 Å². The summed E-state index contributed by atoms with van der Waals surface area (Å²) in [5.74, 6) is 1.25. The van der Waals surface area contributed by atoms with Crippen molar-refractivity contribution in [3.8, 4) is 5.75 Å². The van der Waals surface area contributed by atoms with Crippen LogP contribution in [0.1, 0.15) is 48.2 Å². The number of halogens is 4. The molecule has 2 aromatic carbocycles. The van der Waals surface area contributed by atoms with Gasteiger partial charge in [0.25, 0.3) is 0 Å². The van der Waals surface area contributed by atoms with Crippen LogP contribution in [0.5, 0.6) is 5.75 Å². The summed E-state index contributed by atoms with van der Waals surface area (Å²) >= 11 is 0. The minimum atomic E-state index is -4.39. The number of ether oxygens (including phenoxy) is 1. The molecule has 1 saturated heterocycles. The van der Waals surface area contributed by atoms with Gasteiger partial charge in [0.05, 0.1) is 17.3 Å². The zero-order chi connectivity index (χ0) is 23.8. The average molecular weight is 495 g/mol. The van der Waals surface area contributed by atoms with E-state index < -0.39 is 17.8 Å². The van der Waals surface area contributed by atoms with Gasteiger partial charge in [-0.1, -0.05) is 12.1 Å². The van der Waals surface area contributed by atoms with Gasteiger partial charge in [-0.2, -0.15) is 18.3 Å². The molecule has 184 valence electrons. The highest BCUT2D eigenvalue weighted by molar-refractivity contribution is 5.94. The molecule has 2 atom stereocenters. The van der Waals surface area contributed by atoms with Crippen LogP contribution in [0.25, 0.3) is 10.8 Å². The molecule has 1 fully saturated rings. The van der Waals surface area contributed by atoms with Crippen molar-refractivity contribution in [1.82, 2.24) is 15.1 Å². The van der Waals surface area contributed by atoms with E-state index >= 15 is 0 Å². The molecular weight excluding hydrogens is 465 g/mol. The first-order valence-electron chi connectivity index (χ1n) is 11.2. The molecule has 2 heterocycles. The van der Waals surface area contributed by atoms with Crippen LogP contribution in [0.2, 0.25) is 0 Å². The van der Waals surface area contributed by atoms with E-state index in [4.69, 9.17) is 4.74 Å². The second kappa shape index (κ2) is 10.4. The van der Waals surface area contributed by atoms with Crippen LogP contribution in [0.4, 0.5) is 19.0 Å². The fourth-order valence-electron chi connectivity index (χ4n) is 4.56. The topological polar surface area (TPSA) is 50.3 Å². The molecule has 0 amide bonds. The van der Waals surface area contributed by atoms with Crippen LogP contribution >= 0.6 is 12.4 Å². The third-order valence-corrected chi connectivity index (χ3v) is 6.55. The molecule has 4 rings (SSSR count). The van der Waals surface area contributed by atoms with Crippen molar-refractivity contribution in [2.75, 3.05) is 25.5 Å². The summed E-state index contributed by atoms with van der Waals surface area (Å²) in [4.78, 5) is 2.31. The minimum absolute atomic E-state index is 0. The zero-order valence-electron chi connectivity index (χ0n) is 19.7. The number of aromatic nitrogens is 2. The Morgan fingerprint density at radius 2 is 1.91 bits per heavy atom. The minimum Gasteiger partial charge on any atom is -0.492 e. The Labute approximate surface area is 204 Å². The van der Waals surface area contributed by atoms with Gasteiger partial charge in [0.1, 0.15) is 12.4 Å². The van der Waals surface area contributed by atoms with Gasteiger partial charge in [0, 0.05) is 16.8 Å². The Bertz CT molecular complexity index is 1150. The summed E-state index contributed by atoms with van der Waals surface area (Å²) in [7, 11) is 2.11. The third-order valence-electron chi connectivity index (χ3n) is 6.55. The number of rotatable bonds is 6. The van der Waals surface area contributed by atoms with E-state index in [1.165, 1.54) is 19.4 Å². The molecule has 0 bridgehead atoms. The van der Waals surface area contributed by atoms with Crippen molar-refractivity contribution < 1.29 is 17.9 Å². The lowest BCUT2D eigenvalue weighted by Gasteiger charge is -2.21. The van der Waals surface area contributed by atoms with E-state index in [9.17, 15) is 13.2 Å². The van der Waals surface area contributed by atoms with Gasteiger partial charge in [-0.3, -0.25) is 0 Å². The number of aryl methyl sites for hydroxylation is 1. The highest BCUT2D eigenvalue weighted by Gasteiger charge is 2.33. The third kappa shape index (κ3) is 5.39. The SMILES string of the molecule is Cc1c(C(C)Nc2nnc(C)c3ccc(OC[C@H]4CCCN4C)cc23)cccc1C(F)(F)F.Cl. The molecular formula is C25H30ClF3N4O. The van der Waals surface area contributed by atoms with Crippen LogP contribution in [-0.4, -0.2) is 41.3 Å². The molecule has 0 spiro atoms. The summed E-state index contributed by atoms with van der Waals surface area (Å²) in [5, 5.41) is 13.6. The molecule has 1 aliphatic heterocycles. The van der Waals surface area contributed by atoms with Crippen molar-refractivity contribution in [1.29, 1.82) is 0 Å². The van der Waals surface area contributed by atoms with Crippen LogP contribution < -0.4 is 10.1 Å². The van der Waals surface area contributed by atoms with Crippen LogP contribution in [0, 0.1) is 13.8 Å². The van der Waals surface area contributed by atoms with Gasteiger partial charge in [0.15, 0.2) is 5.82 Å². The van der Waals surface area contributed by atoms with Gasteiger partial charge in [-0.05, 0) is 82.6 Å². The Kier molecular flexibility index (Phi) is 7.93. The Hall–Kier alpha value is -2.58. The molecule has 3 aromatic rings. The molecule has 9 heteroatoms. The van der Waals surface area contributed by atoms with Crippen LogP contribution in [0.3, 0.4) is 0 Å². The van der Waals surface area contributed by atoms with E-state index in [0.717, 1.165) is 41.2 Å². The molecule has 1 aromatic heterocycles. The van der Waals surface area contributed by atoms with Gasteiger partial charge >= 0.3 is 6.18 Å². The lowest BCUT2D eigenvalue weighted by atomic mass is 9.97. The standard InChI is InChI=1S/C25H29F3N4O.ClH/c1-15-20(8-5-9-23(15)25(26,27)28)16(2)29-24-22-13-19(10-11-21(22)17(3)30-31-24)33-14-18-7-6-12-32(18)4;/h5,8-11,13,16,18H,6-7,12,14H2,1-4H3,(H,29,31);1H/t16?,18-;/m1./s1. The van der Waals surface area contributed by atoms with Crippen LogP contribution in [0.15, 0.2) is 36.4 Å². The molecule has 1 N–H and O–H groups in total. The molecule has 1 aliphatic rings. The van der Waals surface area contributed by atoms with Crippen molar-refractivity contribution in [2.24, 2.45) is 0 Å². The molecule has 34 heavy (non-hydrogen) atoms. The predicted octanol–water partition coefficient (Wildman–Crippen LogP) is 6.33. The van der Waals surface area contributed by atoms with Gasteiger partial charge in [0.2, 0.25) is 0 Å². The molecule has 0 aliphatic carbocycles. The van der Waals surface area contributed by atoms with Crippen LogP contribution in [-0.2, 0) is 6.18 Å². The average Bonchev–Trinajstić information content (AvgIpc) is 3.18. The largest absolute Gasteiger partial charge is 0.492 e. The lowest BCUT2D eigenvalue weighted by Crippen LogP contribution is -2.30. The number of hydrogen-bond acceptors (Lipinski definition) is 5. The van der Waals surface area contributed by atoms with E-state index in [-0.39, 0.29) is 18.0 Å². The van der Waals surface area contributed by atoms with Gasteiger partial charge < -0.3 is 15.0 Å². The van der Waals surface area contributed by atoms with E-state index in [2.05, 4.69) is 27.5 Å². The van der Waals surface area contributed by atoms with Crippen molar-refractivity contribution in [2.45, 2.75) is 51.9 Å². The summed E-state index contributed by atoms with van der Waals surface area (Å²) in [6.45, 7) is 6.91. The fraction of sp³-hybridized carbons (Fsp3) is 0.440. The first-order chi connectivity index (χ1) is 15.6. The number of hydrogen-bond donors (Lipinski definition) is 1. The smallest absolute Gasteiger partial charge is 0.416 e. The summed E-state index contributed by atoms with van der Waals surface area (Å²) in [6, 6.07) is 10.1. The summed E-state index contributed by atoms with van der Waals surface area (Å²) in [6.07, 6.45) is -2.09. The monoisotopic (exact) mass is 494 g/mol. The number of likely N-dealkylation sites (tertiary alicyclic amines) is 1. The maximum Gasteiger partial charge on any atom is 0.416 e. The lowest BCUT2D eigenvalue weighted by molar-refractivity contribution is -0.138. The molecule has 1 unspecified atom stereocenters. The number of anilines is 1. The predicted molar refractivity (Wildman–Crippen MR) is 131 cm³/mol. The van der Waals surface area contributed by atoms with E-state index in [1.807, 2.05) is 32.0 Å². The summed E-state index contributed by atoms with van der Waals surface area (Å²) < 4.78 is 46.2. The highest BCUT2D eigenvalue weighted by atomic mass is 35.5. The second-order valence-corrected chi connectivity index (χ2v) is 8.81. The number of alkyl halides is 3. The summed E-state index contributed by atoms with van der Waals surface area (Å²) in [5.41, 5.74) is 0.928. The van der Waals surface area contributed by atoms with E-state index in [1.54, 1.807) is 6.07 Å². The van der Waals surface area contributed by atoms with E-state index in [0.29, 0.717) is 24.0 Å². The van der Waals surface area contributed by atoms with Gasteiger partial charge in [-0.15, -0.1) is 17.5 Å². The number of nitrogens with one attached hydrogen (secondary N) is 1. The quantitative estimate of drug-likeness (QED) is 0.433. The number of likely N-dealkylation sites (N-methyl/N-ethyl adjacent to an activating group) is 1. The Morgan fingerprint density at radius 3 is 2.59 bits per heavy atom. The second-order valence-electron chi connectivity index (χ2n) is 8.81. The molecule has 0 radical (unpaired) electrons.